The first kappa shape index (κ1) is 63.3. The highest BCUT2D eigenvalue weighted by molar-refractivity contribution is 5.76. The van der Waals surface area contributed by atoms with Gasteiger partial charge >= 0.3 is 0 Å². The van der Waals surface area contributed by atoms with Crippen LogP contribution < -0.4 is 5.32 Å². The highest BCUT2D eigenvalue weighted by Gasteiger charge is 2.53. The van der Waals surface area contributed by atoms with Gasteiger partial charge in [0.15, 0.2) is 18.9 Å². The first-order valence-corrected chi connectivity index (χ1v) is 26.7. The van der Waals surface area contributed by atoms with Crippen molar-refractivity contribution in [1.82, 2.24) is 5.32 Å². The van der Waals surface area contributed by atoms with Crippen LogP contribution in [-0.2, 0) is 33.2 Å². The number of ether oxygens (including phenoxy) is 6. The molecule has 0 aromatic heterocycles. The molecule has 0 saturated carbocycles. The van der Waals surface area contributed by atoms with E-state index in [9.17, 15) is 61.0 Å². The van der Waals surface area contributed by atoms with Crippen molar-refractivity contribution in [3.8, 4) is 0 Å². The second kappa shape index (κ2) is 36.9. The third-order valence-corrected chi connectivity index (χ3v) is 13.4. The van der Waals surface area contributed by atoms with Crippen LogP contribution in [0.25, 0.3) is 0 Å². The minimum atomic E-state index is -1.98. The average molecular weight is 1020 g/mol. The van der Waals surface area contributed by atoms with Gasteiger partial charge in [-0.3, -0.25) is 4.79 Å². The van der Waals surface area contributed by atoms with E-state index < -0.39 is 124 Å². The van der Waals surface area contributed by atoms with Gasteiger partial charge in [0, 0.05) is 6.42 Å². The molecule has 3 aliphatic rings. The van der Waals surface area contributed by atoms with Crippen molar-refractivity contribution in [2.24, 2.45) is 0 Å². The number of nitrogens with one attached hydrogen (secondary N) is 1. The maximum absolute atomic E-state index is 12.9. The first-order valence-electron chi connectivity index (χ1n) is 26.7. The Bertz CT molecular complexity index is 1450. The number of unbranched alkanes of at least 4 members (excludes halogenated alkanes) is 17. The molecule has 17 atom stereocenters. The number of aliphatic hydroxyl groups is 11. The summed E-state index contributed by atoms with van der Waals surface area (Å²) in [5, 5.41) is 119. The maximum atomic E-state index is 12.9. The monoisotopic (exact) mass is 1020 g/mol. The van der Waals surface area contributed by atoms with Crippen LogP contribution in [0.2, 0.25) is 0 Å². The predicted octanol–water partition coefficient (Wildman–Crippen LogP) is 2.59. The lowest BCUT2D eigenvalue weighted by molar-refractivity contribution is -0.379. The van der Waals surface area contributed by atoms with Crippen LogP contribution in [0, 0.1) is 0 Å². The molecule has 71 heavy (non-hydrogen) atoms. The average Bonchev–Trinajstić information content (AvgIpc) is 3.36. The van der Waals surface area contributed by atoms with Gasteiger partial charge in [0.2, 0.25) is 5.91 Å². The number of carbonyl (C=O) groups is 1. The van der Waals surface area contributed by atoms with Crippen molar-refractivity contribution in [2.45, 2.75) is 259 Å². The van der Waals surface area contributed by atoms with Gasteiger partial charge in [-0.15, -0.1) is 0 Å². The van der Waals surface area contributed by atoms with E-state index in [0.717, 1.165) is 38.5 Å². The number of rotatable bonds is 37. The number of carbonyl (C=O) groups excluding carboxylic acids is 1. The van der Waals surface area contributed by atoms with E-state index in [0.29, 0.717) is 12.8 Å². The number of amides is 1. The summed E-state index contributed by atoms with van der Waals surface area (Å²) in [7, 11) is 0. The maximum Gasteiger partial charge on any atom is 0.220 e. The van der Waals surface area contributed by atoms with E-state index >= 15 is 0 Å². The summed E-state index contributed by atoms with van der Waals surface area (Å²) in [4.78, 5) is 12.9. The van der Waals surface area contributed by atoms with Crippen LogP contribution in [0.3, 0.4) is 0 Å². The molecule has 0 aromatic rings. The van der Waals surface area contributed by atoms with E-state index in [1.807, 2.05) is 13.0 Å². The van der Waals surface area contributed by atoms with Crippen LogP contribution in [-0.4, -0.2) is 193 Å². The molecule has 414 valence electrons. The molecule has 0 aliphatic carbocycles. The second-order valence-corrected chi connectivity index (χ2v) is 19.3. The van der Waals surface area contributed by atoms with Gasteiger partial charge in [0.1, 0.15) is 73.2 Å². The number of hydrogen-bond donors (Lipinski definition) is 12. The van der Waals surface area contributed by atoms with Crippen molar-refractivity contribution in [2.75, 3.05) is 26.4 Å². The smallest absolute Gasteiger partial charge is 0.220 e. The Morgan fingerprint density at radius 2 is 0.901 bits per heavy atom. The zero-order valence-corrected chi connectivity index (χ0v) is 42.4. The molecular formula is C52H93NO18. The molecule has 1 amide bonds. The predicted molar refractivity (Wildman–Crippen MR) is 263 cm³/mol. The molecule has 0 radical (unpaired) electrons. The topological polar surface area (TPSA) is 307 Å². The van der Waals surface area contributed by atoms with Crippen LogP contribution in [0.1, 0.15) is 155 Å². The number of aliphatic hydroxyl groups excluding tert-OH is 11. The van der Waals surface area contributed by atoms with Gasteiger partial charge in [-0.2, -0.15) is 0 Å². The van der Waals surface area contributed by atoms with E-state index in [-0.39, 0.29) is 18.9 Å². The Balaban J connectivity index is 1.45. The fraction of sp³-hybridized carbons (Fsp3) is 0.865. The molecule has 3 aliphatic heterocycles. The zero-order chi connectivity index (χ0) is 52.0. The fourth-order valence-electron chi connectivity index (χ4n) is 8.93. The number of allylic oxidation sites excluding steroid dienone is 5. The standard InChI is InChI=1S/C52H93NO18/c1-3-5-7-8-9-10-11-12-13-14-15-16-17-18-19-20-21-22-23-24-25-26-28-29-36(57)35(53-40(58)30-27-6-4-2)34-66-50-46(64)43(61)48(38(32-55)68-50)71-52-47(65)44(62)49(39(33-56)69-52)70-51-45(63)42(60)41(59)37(31-54)67-51/h19-20,23-24,28-29,35-39,41-52,54-57,59-65H,3-18,21-22,25-27,30-34H2,1-2H3,(H,53,58)/b20-19+,24-23+,29-28+. The summed E-state index contributed by atoms with van der Waals surface area (Å²) in [5.41, 5.74) is 0. The van der Waals surface area contributed by atoms with Crippen molar-refractivity contribution in [1.29, 1.82) is 0 Å². The van der Waals surface area contributed by atoms with E-state index in [4.69, 9.17) is 28.4 Å². The molecule has 0 spiro atoms. The summed E-state index contributed by atoms with van der Waals surface area (Å²) in [5.74, 6) is -0.317. The van der Waals surface area contributed by atoms with Gasteiger partial charge in [-0.25, -0.2) is 0 Å². The fourth-order valence-corrected chi connectivity index (χ4v) is 8.93. The molecule has 0 aromatic carbocycles. The first-order chi connectivity index (χ1) is 34.3. The third kappa shape index (κ3) is 22.4. The van der Waals surface area contributed by atoms with E-state index in [1.165, 1.54) is 83.5 Å². The summed E-state index contributed by atoms with van der Waals surface area (Å²) in [6, 6.07) is -0.988. The Kier molecular flexibility index (Phi) is 32.9. The zero-order valence-electron chi connectivity index (χ0n) is 42.4. The van der Waals surface area contributed by atoms with Gasteiger partial charge in [0.05, 0.1) is 38.6 Å². The SMILES string of the molecule is CCCCCCCCCCCCCCC/C=C/CC/C=C/CC/C=C/C(O)C(COC1OC(CO)C(OC2OC(CO)C(OC3OC(CO)C(O)C(O)C3O)C(O)C2O)C(O)C1O)NC(=O)CCCCC. The van der Waals surface area contributed by atoms with Crippen LogP contribution in [0.15, 0.2) is 36.5 Å². The molecule has 3 saturated heterocycles. The molecule has 19 heteroatoms. The normalized spacial score (nSPS) is 32.5. The Morgan fingerprint density at radius 1 is 0.493 bits per heavy atom. The van der Waals surface area contributed by atoms with Crippen LogP contribution in [0.4, 0.5) is 0 Å². The molecule has 17 unspecified atom stereocenters. The summed E-state index contributed by atoms with van der Waals surface area (Å²) >= 11 is 0. The molecule has 3 rings (SSSR count). The molecular weight excluding hydrogens is 927 g/mol. The van der Waals surface area contributed by atoms with Crippen molar-refractivity contribution in [3.63, 3.8) is 0 Å². The molecule has 3 heterocycles. The summed E-state index contributed by atoms with van der Waals surface area (Å²) in [6.07, 6.45) is 9.89. The lowest BCUT2D eigenvalue weighted by Gasteiger charge is -2.48. The molecule has 12 N–H and O–H groups in total. The summed E-state index contributed by atoms with van der Waals surface area (Å²) in [6.45, 7) is 1.47. The lowest BCUT2D eigenvalue weighted by atomic mass is 9.96. The largest absolute Gasteiger partial charge is 0.394 e. The summed E-state index contributed by atoms with van der Waals surface area (Å²) < 4.78 is 33.9. The van der Waals surface area contributed by atoms with Crippen LogP contribution in [0.5, 0.6) is 0 Å². The van der Waals surface area contributed by atoms with E-state index in [2.05, 4.69) is 36.5 Å². The lowest BCUT2D eigenvalue weighted by Crippen LogP contribution is -2.66. The molecule has 3 fully saturated rings. The van der Waals surface area contributed by atoms with Gasteiger partial charge < -0.3 is 89.9 Å². The Morgan fingerprint density at radius 3 is 1.41 bits per heavy atom. The minimum Gasteiger partial charge on any atom is -0.394 e. The number of hydrogen-bond acceptors (Lipinski definition) is 18. The highest BCUT2D eigenvalue weighted by Crippen LogP contribution is 2.33. The van der Waals surface area contributed by atoms with E-state index in [1.54, 1.807) is 6.08 Å². The molecule has 0 bridgehead atoms. The van der Waals surface area contributed by atoms with Crippen LogP contribution >= 0.6 is 0 Å². The second-order valence-electron chi connectivity index (χ2n) is 19.3. The highest BCUT2D eigenvalue weighted by atomic mass is 16.8. The Labute approximate surface area is 421 Å². The van der Waals surface area contributed by atoms with Crippen molar-refractivity contribution >= 4 is 5.91 Å². The Hall–Kier alpha value is -1.99. The van der Waals surface area contributed by atoms with Gasteiger partial charge in [-0.05, 0) is 44.9 Å². The molecule has 19 nitrogen and oxygen atoms in total. The minimum absolute atomic E-state index is 0.217. The van der Waals surface area contributed by atoms with Crippen molar-refractivity contribution in [3.05, 3.63) is 36.5 Å². The van der Waals surface area contributed by atoms with Gasteiger partial charge in [-0.1, -0.05) is 140 Å². The van der Waals surface area contributed by atoms with Crippen molar-refractivity contribution < 1.29 is 89.4 Å². The quantitative estimate of drug-likeness (QED) is 0.0314. The third-order valence-electron chi connectivity index (χ3n) is 13.4. The van der Waals surface area contributed by atoms with Gasteiger partial charge in [0.25, 0.3) is 0 Å².